The number of aliphatic hydroxyl groups excluding tert-OH is 1. The molecule has 0 spiro atoms. The second kappa shape index (κ2) is 33.1. The summed E-state index contributed by atoms with van der Waals surface area (Å²) in [4.78, 5) is 46.5. The Morgan fingerprint density at radius 3 is 1.47 bits per heavy atom. The molecule has 0 unspecified atom stereocenters. The Hall–Kier alpha value is -6.30. The topological polar surface area (TPSA) is 164 Å². The minimum absolute atomic E-state index is 0.0132. The fourth-order valence-electron chi connectivity index (χ4n) is 6.36. The monoisotopic (exact) mass is 1120 g/mol. The van der Waals surface area contributed by atoms with Crippen molar-refractivity contribution in [2.24, 2.45) is 5.73 Å². The second-order valence-electron chi connectivity index (χ2n) is 19.5. The average Bonchev–Trinajstić information content (AvgIpc) is 3.39. The van der Waals surface area contributed by atoms with Crippen LogP contribution in [0.3, 0.4) is 0 Å². The molecule has 12 nitrogen and oxygen atoms in total. The van der Waals surface area contributed by atoms with E-state index < -0.39 is 8.32 Å². The lowest BCUT2D eigenvalue weighted by molar-refractivity contribution is -0.109. The molecule has 0 amide bonds. The van der Waals surface area contributed by atoms with Gasteiger partial charge in [0.25, 0.3) is 0 Å². The molecule has 0 aliphatic heterocycles. The molecular weight excluding hydrogens is 1050 g/mol. The normalized spacial score (nSPS) is 11.0. The number of Topliss-reactive ketones (excluding diaryl/α,β-unsaturated/α-hetero) is 2. The molecule has 0 fully saturated rings. The number of nitrogens with two attached hydrogens (primary N) is 1. The van der Waals surface area contributed by atoms with Crippen LogP contribution in [-0.2, 0) is 29.0 Å². The highest BCUT2D eigenvalue weighted by Crippen LogP contribution is 2.36. The van der Waals surface area contributed by atoms with Crippen molar-refractivity contribution >= 4 is 55.7 Å². The van der Waals surface area contributed by atoms with E-state index in [1.165, 1.54) is 24.3 Å². The van der Waals surface area contributed by atoms with Crippen molar-refractivity contribution in [3.63, 3.8) is 0 Å². The molecule has 17 heteroatoms. The smallest absolute Gasteiger partial charge is 0.192 e. The summed E-state index contributed by atoms with van der Waals surface area (Å²) in [6, 6.07) is 36.7. The van der Waals surface area contributed by atoms with E-state index in [4.69, 9.17) is 52.3 Å². The molecule has 0 heterocycles. The summed E-state index contributed by atoms with van der Waals surface area (Å²) < 4.78 is 53.5. The minimum Gasteiger partial charge on any atom is -0.489 e. The van der Waals surface area contributed by atoms with Gasteiger partial charge < -0.3 is 39.0 Å². The third kappa shape index (κ3) is 24.3. The minimum atomic E-state index is -1.66. The number of ketones is 2. The lowest BCUT2D eigenvalue weighted by Gasteiger charge is -2.35. The first-order valence-corrected chi connectivity index (χ1v) is 28.6. The van der Waals surface area contributed by atoms with Gasteiger partial charge in [-0.25, -0.2) is 8.78 Å². The zero-order valence-corrected chi connectivity index (χ0v) is 47.8. The Kier molecular flexibility index (Phi) is 27.9. The van der Waals surface area contributed by atoms with Crippen LogP contribution in [0.25, 0.3) is 0 Å². The maximum Gasteiger partial charge on any atom is 0.192 e. The van der Waals surface area contributed by atoms with E-state index in [1.54, 1.807) is 84.9 Å². The van der Waals surface area contributed by atoms with Crippen molar-refractivity contribution in [2.45, 2.75) is 98.6 Å². The van der Waals surface area contributed by atoms with Gasteiger partial charge in [-0.2, -0.15) is 0 Å². The van der Waals surface area contributed by atoms with Gasteiger partial charge in [-0.05, 0) is 160 Å². The van der Waals surface area contributed by atoms with Crippen molar-refractivity contribution in [2.75, 3.05) is 32.8 Å². The molecule has 6 aromatic carbocycles. The highest BCUT2D eigenvalue weighted by Gasteiger charge is 2.36. The van der Waals surface area contributed by atoms with Crippen LogP contribution >= 0.6 is 23.2 Å². The highest BCUT2D eigenvalue weighted by atomic mass is 35.5. The lowest BCUT2D eigenvalue weighted by Crippen LogP contribution is -2.41. The SMILES string of the molecule is CC(C)(C)[Si](C)(C)OCC=O.CC(C)Oc1ccc(C(=O)CN(CCO)Cc2ccc(OCc3ccc(F)cc3)cc2)cc1Cl.CC(C)Oc1ccc(C(=O)CN)cc1Cl.O=Cc1ccc(OCc2ccc(F)cc2)cc1. The van der Waals surface area contributed by atoms with E-state index >= 15 is 0 Å². The number of halogens is 4. The number of carbonyl (C=O) groups excluding carboxylic acids is 4. The van der Waals surface area contributed by atoms with Crippen LogP contribution in [0.4, 0.5) is 8.78 Å². The molecule has 0 aliphatic rings. The van der Waals surface area contributed by atoms with Gasteiger partial charge in [0.2, 0.25) is 0 Å². The number of hydrogen-bond donors (Lipinski definition) is 2. The zero-order valence-electron chi connectivity index (χ0n) is 45.3. The summed E-state index contributed by atoms with van der Waals surface area (Å²) in [5.74, 6) is 1.74. The maximum atomic E-state index is 13.0. The number of aldehydes is 2. The van der Waals surface area contributed by atoms with E-state index in [0.717, 1.165) is 29.3 Å². The highest BCUT2D eigenvalue weighted by molar-refractivity contribution is 6.74. The van der Waals surface area contributed by atoms with Crippen LogP contribution < -0.4 is 24.7 Å². The van der Waals surface area contributed by atoms with E-state index in [-0.39, 0.29) is 66.8 Å². The summed E-state index contributed by atoms with van der Waals surface area (Å²) in [6.45, 7) is 20.3. The molecule has 0 saturated heterocycles. The van der Waals surface area contributed by atoms with E-state index in [1.807, 2.05) is 56.9 Å². The van der Waals surface area contributed by atoms with Crippen molar-refractivity contribution in [1.82, 2.24) is 4.90 Å². The Labute approximate surface area is 463 Å². The average molecular weight is 1120 g/mol. The van der Waals surface area contributed by atoms with E-state index in [2.05, 4.69) is 33.9 Å². The molecule has 6 rings (SSSR count). The fraction of sp³-hybridized carbons (Fsp3) is 0.333. The molecule has 0 saturated carbocycles. The molecule has 6 aromatic rings. The van der Waals surface area contributed by atoms with Crippen molar-refractivity contribution < 1.29 is 56.4 Å². The van der Waals surface area contributed by atoms with Gasteiger partial charge >= 0.3 is 0 Å². The van der Waals surface area contributed by atoms with Gasteiger partial charge in [0.1, 0.15) is 60.4 Å². The van der Waals surface area contributed by atoms with Crippen molar-refractivity contribution in [1.29, 1.82) is 0 Å². The van der Waals surface area contributed by atoms with Crippen LogP contribution in [0.15, 0.2) is 133 Å². The zero-order chi connectivity index (χ0) is 57.1. The number of nitrogens with zero attached hydrogens (tertiary/aromatic N) is 1. The van der Waals surface area contributed by atoms with Crippen LogP contribution in [0.2, 0.25) is 28.2 Å². The molecule has 0 bridgehead atoms. The molecular formula is C60H72Cl2F2N2O10Si. The van der Waals surface area contributed by atoms with E-state index in [0.29, 0.717) is 76.0 Å². The number of rotatable bonds is 23. The van der Waals surface area contributed by atoms with Gasteiger partial charge in [0, 0.05) is 29.8 Å². The van der Waals surface area contributed by atoms with Gasteiger partial charge in [0.05, 0.1) is 48.6 Å². The molecule has 77 heavy (non-hydrogen) atoms. The molecule has 0 aliphatic carbocycles. The second-order valence-corrected chi connectivity index (χ2v) is 25.1. The predicted molar refractivity (Wildman–Crippen MR) is 303 cm³/mol. The molecule has 414 valence electrons. The standard InChI is InChI=1S/C27H29ClFNO4.C14H11FO2.C11H14ClNO2.C8H18O2Si/c1-19(2)34-27-12-7-22(15-25(27)28)26(32)17-30(13-14-31)16-20-5-10-24(11-6-20)33-18-21-3-8-23(29)9-4-21;15-13-5-1-12(2-6-13)10-17-14-7-3-11(9-16)4-8-14;1-7(2)15-11-4-3-8(5-9(11)12)10(14)6-13;1-8(2,3)11(4,5)10-7-6-9/h3-12,15,19,31H,13-14,16-18H2,1-2H3;1-9H,10H2;3-5,7H,6,13H2,1-2H3;6H,7H2,1-5H3. The third-order valence-electron chi connectivity index (χ3n) is 11.5. The Morgan fingerprint density at radius 1 is 0.662 bits per heavy atom. The first-order valence-electron chi connectivity index (χ1n) is 25.0. The largest absolute Gasteiger partial charge is 0.489 e. The first-order chi connectivity index (χ1) is 36.5. The summed E-state index contributed by atoms with van der Waals surface area (Å²) in [5, 5.41) is 10.5. The van der Waals surface area contributed by atoms with Gasteiger partial charge in [-0.15, -0.1) is 0 Å². The predicted octanol–water partition coefficient (Wildman–Crippen LogP) is 13.2. The maximum absolute atomic E-state index is 13.0. The quantitative estimate of drug-likeness (QED) is 0.0355. The van der Waals surface area contributed by atoms with Crippen LogP contribution in [0.5, 0.6) is 23.0 Å². The van der Waals surface area contributed by atoms with Crippen LogP contribution in [-0.4, -0.2) is 87.5 Å². The van der Waals surface area contributed by atoms with Gasteiger partial charge in [-0.1, -0.05) is 80.4 Å². The Morgan fingerprint density at radius 2 is 1.09 bits per heavy atom. The Balaban J connectivity index is 0.000000302. The van der Waals surface area contributed by atoms with Crippen molar-refractivity contribution in [3.05, 3.63) is 189 Å². The van der Waals surface area contributed by atoms with Gasteiger partial charge in [0.15, 0.2) is 19.9 Å². The summed E-state index contributed by atoms with van der Waals surface area (Å²) >= 11 is 12.2. The Bertz CT molecular complexity index is 2740. The molecule has 0 atom stereocenters. The number of ether oxygens (including phenoxy) is 4. The van der Waals surface area contributed by atoms with Crippen molar-refractivity contribution in [3.8, 4) is 23.0 Å². The summed E-state index contributed by atoms with van der Waals surface area (Å²) in [5.41, 5.74) is 9.62. The molecule has 0 aromatic heterocycles. The number of carbonyl (C=O) groups is 4. The van der Waals surface area contributed by atoms with E-state index in [9.17, 15) is 33.1 Å². The summed E-state index contributed by atoms with van der Waals surface area (Å²) in [6.07, 6.45) is 1.64. The molecule has 0 radical (unpaired) electrons. The summed E-state index contributed by atoms with van der Waals surface area (Å²) in [7, 11) is -1.66. The third-order valence-corrected chi connectivity index (χ3v) is 16.6. The number of hydrogen-bond acceptors (Lipinski definition) is 12. The van der Waals surface area contributed by atoms with Crippen LogP contribution in [0, 0.1) is 11.6 Å². The van der Waals surface area contributed by atoms with Crippen LogP contribution in [0.1, 0.15) is 96.2 Å². The van der Waals surface area contributed by atoms with Gasteiger partial charge in [-0.3, -0.25) is 19.3 Å². The first kappa shape index (κ1) is 65.0. The molecule has 3 N–H and O–H groups in total. The number of benzene rings is 6. The number of aliphatic hydroxyl groups is 1. The fourth-order valence-corrected chi connectivity index (χ4v) is 7.73. The lowest BCUT2D eigenvalue weighted by atomic mass is 10.1.